The van der Waals surface area contributed by atoms with E-state index in [1.54, 1.807) is 29.2 Å². The zero-order chi connectivity index (χ0) is 17.0. The van der Waals surface area contributed by atoms with Gasteiger partial charge in [0.05, 0.1) is 18.1 Å². The number of amides is 1. The molecule has 1 unspecified atom stereocenters. The zero-order valence-corrected chi connectivity index (χ0v) is 14.0. The molecule has 0 aliphatic carbocycles. The molecular formula is C16H21ClN2O4. The maximum atomic E-state index is 12.5. The SMILES string of the molecule is C[C@@H]1CN(C(=O)CC(C[N+](=O)[O-])c2ccc(Cl)cc2)C[C@@H](C)O1. The predicted octanol–water partition coefficient (Wildman–Crippen LogP) is 2.73. The summed E-state index contributed by atoms with van der Waals surface area (Å²) in [7, 11) is 0. The summed E-state index contributed by atoms with van der Waals surface area (Å²) >= 11 is 5.86. The first-order chi connectivity index (χ1) is 10.8. The molecule has 0 bridgehead atoms. The number of morpholine rings is 1. The van der Waals surface area contributed by atoms with Crippen molar-refractivity contribution in [3.63, 3.8) is 0 Å². The van der Waals surface area contributed by atoms with Crippen molar-refractivity contribution in [2.24, 2.45) is 0 Å². The van der Waals surface area contributed by atoms with Gasteiger partial charge in [-0.2, -0.15) is 0 Å². The minimum absolute atomic E-state index is 0.0211. The molecule has 1 aliphatic heterocycles. The number of hydrogen-bond donors (Lipinski definition) is 0. The van der Waals surface area contributed by atoms with Gasteiger partial charge in [-0.15, -0.1) is 0 Å². The number of hydrogen-bond acceptors (Lipinski definition) is 4. The van der Waals surface area contributed by atoms with Crippen LogP contribution in [0.25, 0.3) is 0 Å². The molecule has 1 heterocycles. The van der Waals surface area contributed by atoms with Crippen LogP contribution in [-0.4, -0.2) is 47.6 Å². The molecule has 0 radical (unpaired) electrons. The van der Waals surface area contributed by atoms with Gasteiger partial charge in [0.2, 0.25) is 12.5 Å². The molecule has 1 amide bonds. The first-order valence-corrected chi connectivity index (χ1v) is 8.03. The largest absolute Gasteiger partial charge is 0.372 e. The van der Waals surface area contributed by atoms with Gasteiger partial charge < -0.3 is 9.64 Å². The monoisotopic (exact) mass is 340 g/mol. The maximum absolute atomic E-state index is 12.5. The summed E-state index contributed by atoms with van der Waals surface area (Å²) in [6.07, 6.45) is 0.0709. The Morgan fingerprint density at radius 2 is 1.91 bits per heavy atom. The zero-order valence-electron chi connectivity index (χ0n) is 13.3. The van der Waals surface area contributed by atoms with Crippen molar-refractivity contribution in [1.82, 2.24) is 4.90 Å². The van der Waals surface area contributed by atoms with Crippen LogP contribution >= 0.6 is 11.6 Å². The molecule has 7 heteroatoms. The topological polar surface area (TPSA) is 72.7 Å². The second kappa shape index (κ2) is 7.75. The number of nitrogens with zero attached hydrogens (tertiary/aromatic N) is 2. The molecule has 126 valence electrons. The Morgan fingerprint density at radius 1 is 1.35 bits per heavy atom. The molecule has 0 saturated carbocycles. The van der Waals surface area contributed by atoms with Crippen molar-refractivity contribution >= 4 is 17.5 Å². The Hall–Kier alpha value is -1.66. The first-order valence-electron chi connectivity index (χ1n) is 7.65. The van der Waals surface area contributed by atoms with Crippen molar-refractivity contribution in [2.45, 2.75) is 38.4 Å². The summed E-state index contributed by atoms with van der Waals surface area (Å²) in [5.74, 6) is -0.531. The fourth-order valence-corrected chi connectivity index (χ4v) is 3.05. The van der Waals surface area contributed by atoms with Crippen LogP contribution in [0.4, 0.5) is 0 Å². The molecule has 1 fully saturated rings. The fraction of sp³-hybridized carbons (Fsp3) is 0.562. The van der Waals surface area contributed by atoms with E-state index in [0.717, 1.165) is 5.56 Å². The minimum Gasteiger partial charge on any atom is -0.372 e. The molecule has 0 N–H and O–H groups in total. The van der Waals surface area contributed by atoms with E-state index in [2.05, 4.69) is 0 Å². The van der Waals surface area contributed by atoms with Crippen molar-refractivity contribution in [1.29, 1.82) is 0 Å². The molecule has 1 aromatic rings. The van der Waals surface area contributed by atoms with E-state index in [1.165, 1.54) is 0 Å². The quantitative estimate of drug-likeness (QED) is 0.610. The summed E-state index contributed by atoms with van der Waals surface area (Å²) < 4.78 is 5.62. The third-order valence-corrected chi connectivity index (χ3v) is 4.16. The summed E-state index contributed by atoms with van der Waals surface area (Å²) in [5, 5.41) is 11.5. The van der Waals surface area contributed by atoms with Crippen molar-refractivity contribution in [2.75, 3.05) is 19.6 Å². The van der Waals surface area contributed by atoms with Gasteiger partial charge in [0.1, 0.15) is 0 Å². The molecule has 1 saturated heterocycles. The maximum Gasteiger partial charge on any atom is 0.223 e. The Balaban J connectivity index is 2.09. The van der Waals surface area contributed by atoms with E-state index in [0.29, 0.717) is 18.1 Å². The fourth-order valence-electron chi connectivity index (χ4n) is 2.92. The van der Waals surface area contributed by atoms with Crippen LogP contribution in [0.15, 0.2) is 24.3 Å². The highest BCUT2D eigenvalue weighted by molar-refractivity contribution is 6.30. The second-order valence-corrected chi connectivity index (χ2v) is 6.46. The molecule has 3 atom stereocenters. The summed E-state index contributed by atoms with van der Waals surface area (Å²) in [6.45, 7) is 4.61. The van der Waals surface area contributed by atoms with Crippen LogP contribution in [0, 0.1) is 10.1 Å². The van der Waals surface area contributed by atoms with Gasteiger partial charge in [-0.3, -0.25) is 14.9 Å². The lowest BCUT2D eigenvalue weighted by Crippen LogP contribution is -2.48. The number of nitro groups is 1. The van der Waals surface area contributed by atoms with Gasteiger partial charge in [-0.25, -0.2) is 0 Å². The number of ether oxygens (including phenoxy) is 1. The van der Waals surface area contributed by atoms with E-state index >= 15 is 0 Å². The molecule has 0 aromatic heterocycles. The molecule has 2 rings (SSSR count). The first kappa shape index (κ1) is 17.7. The van der Waals surface area contributed by atoms with Crippen molar-refractivity contribution in [3.05, 3.63) is 45.0 Å². The lowest BCUT2D eigenvalue weighted by molar-refractivity contribution is -0.483. The Kier molecular flexibility index (Phi) is 5.96. The Bertz CT molecular complexity index is 554. The van der Waals surface area contributed by atoms with Crippen LogP contribution in [-0.2, 0) is 9.53 Å². The summed E-state index contributed by atoms with van der Waals surface area (Å²) in [4.78, 5) is 24.8. The molecule has 6 nitrogen and oxygen atoms in total. The van der Waals surface area contributed by atoms with E-state index in [-0.39, 0.29) is 36.0 Å². The highest BCUT2D eigenvalue weighted by atomic mass is 35.5. The highest BCUT2D eigenvalue weighted by Gasteiger charge is 2.29. The summed E-state index contributed by atoms with van der Waals surface area (Å²) in [5.41, 5.74) is 0.758. The molecule has 1 aromatic carbocycles. The van der Waals surface area contributed by atoms with Crippen LogP contribution in [0.1, 0.15) is 31.7 Å². The average Bonchev–Trinajstić information content (AvgIpc) is 2.45. The average molecular weight is 341 g/mol. The van der Waals surface area contributed by atoms with Gasteiger partial charge in [0.15, 0.2) is 0 Å². The smallest absolute Gasteiger partial charge is 0.223 e. The second-order valence-electron chi connectivity index (χ2n) is 6.02. The van der Waals surface area contributed by atoms with Gasteiger partial charge in [0, 0.05) is 29.5 Å². The highest BCUT2D eigenvalue weighted by Crippen LogP contribution is 2.24. The van der Waals surface area contributed by atoms with Crippen LogP contribution in [0.3, 0.4) is 0 Å². The van der Waals surface area contributed by atoms with Crippen molar-refractivity contribution < 1.29 is 14.5 Å². The van der Waals surface area contributed by atoms with Gasteiger partial charge >= 0.3 is 0 Å². The van der Waals surface area contributed by atoms with Gasteiger partial charge in [-0.1, -0.05) is 23.7 Å². The standard InChI is InChI=1S/C16H21ClN2O4/c1-11-8-18(9-12(2)23-11)16(20)7-14(10-19(21)22)13-3-5-15(17)6-4-13/h3-6,11-12,14H,7-10H2,1-2H3/t11-,12-,14?/m1/s1. The number of benzene rings is 1. The molecule has 0 spiro atoms. The molecule has 1 aliphatic rings. The lowest BCUT2D eigenvalue weighted by Gasteiger charge is -2.35. The van der Waals surface area contributed by atoms with Crippen molar-refractivity contribution in [3.8, 4) is 0 Å². The number of carbonyl (C=O) groups is 1. The van der Waals surface area contributed by atoms with Gasteiger partial charge in [-0.05, 0) is 31.5 Å². The van der Waals surface area contributed by atoms with Gasteiger partial charge in [0.25, 0.3) is 0 Å². The third kappa shape index (κ3) is 5.18. The van der Waals surface area contributed by atoms with E-state index < -0.39 is 5.92 Å². The third-order valence-electron chi connectivity index (χ3n) is 3.90. The number of carbonyl (C=O) groups excluding carboxylic acids is 1. The number of halogens is 1. The Morgan fingerprint density at radius 3 is 2.43 bits per heavy atom. The van der Waals surface area contributed by atoms with Crippen LogP contribution in [0.2, 0.25) is 5.02 Å². The van der Waals surface area contributed by atoms with Crippen LogP contribution in [0.5, 0.6) is 0 Å². The van der Waals surface area contributed by atoms with E-state index in [4.69, 9.17) is 16.3 Å². The van der Waals surface area contributed by atoms with E-state index in [9.17, 15) is 14.9 Å². The summed E-state index contributed by atoms with van der Waals surface area (Å²) in [6, 6.07) is 6.86. The minimum atomic E-state index is -0.455. The van der Waals surface area contributed by atoms with E-state index in [1.807, 2.05) is 13.8 Å². The van der Waals surface area contributed by atoms with Crippen LogP contribution < -0.4 is 0 Å². The Labute approximate surface area is 140 Å². The molecular weight excluding hydrogens is 320 g/mol. The lowest BCUT2D eigenvalue weighted by atomic mass is 9.95. The normalized spacial score (nSPS) is 22.7. The predicted molar refractivity (Wildman–Crippen MR) is 87.3 cm³/mol. The molecule has 23 heavy (non-hydrogen) atoms. The number of rotatable bonds is 5.